The fourth-order valence-electron chi connectivity index (χ4n) is 4.75. The Hall–Kier alpha value is -2.36. The number of rotatable bonds is 6. The van der Waals surface area contributed by atoms with Gasteiger partial charge in [0.15, 0.2) is 5.13 Å². The normalized spacial score (nSPS) is 25.4. The fraction of sp³-hybridized carbons (Fsp3) is 0.500. The number of anilines is 1. The second-order valence-electron chi connectivity index (χ2n) is 8.21. The summed E-state index contributed by atoms with van der Waals surface area (Å²) in [5, 5.41) is 14.4. The number of piperidine rings is 1. The lowest BCUT2D eigenvalue weighted by atomic mass is 9.80. The third-order valence-electron chi connectivity index (χ3n) is 6.11. The summed E-state index contributed by atoms with van der Waals surface area (Å²) in [6.07, 6.45) is 2.70. The number of benzene rings is 1. The number of esters is 1. The van der Waals surface area contributed by atoms with Gasteiger partial charge in [-0.1, -0.05) is 23.5 Å². The fourth-order valence-corrected chi connectivity index (χ4v) is 5.62. The molecule has 31 heavy (non-hydrogen) atoms. The van der Waals surface area contributed by atoms with E-state index in [0.717, 1.165) is 24.2 Å². The molecule has 1 amide bonds. The summed E-state index contributed by atoms with van der Waals surface area (Å²) in [7, 11) is 0. The van der Waals surface area contributed by atoms with Crippen LogP contribution in [0.25, 0.3) is 0 Å². The summed E-state index contributed by atoms with van der Waals surface area (Å²) < 4.78 is 18.7. The van der Waals surface area contributed by atoms with Gasteiger partial charge in [0.1, 0.15) is 10.7 Å². The van der Waals surface area contributed by atoms with E-state index in [-0.39, 0.29) is 37.0 Å². The van der Waals surface area contributed by atoms with Crippen LogP contribution in [0.3, 0.4) is 0 Å². The maximum Gasteiger partial charge on any atom is 0.350 e. The van der Waals surface area contributed by atoms with Crippen molar-refractivity contribution in [3.05, 3.63) is 46.2 Å². The molecule has 3 heterocycles. The molecule has 2 N–H and O–H groups in total. The van der Waals surface area contributed by atoms with Crippen molar-refractivity contribution < 1.29 is 23.8 Å². The predicted molar refractivity (Wildman–Crippen MR) is 114 cm³/mol. The van der Waals surface area contributed by atoms with Crippen LogP contribution in [0.4, 0.5) is 9.52 Å². The zero-order chi connectivity index (χ0) is 22.2. The van der Waals surface area contributed by atoms with Gasteiger partial charge in [0, 0.05) is 12.1 Å². The Bertz CT molecular complexity index is 981. The zero-order valence-electron chi connectivity index (χ0n) is 17.6. The number of hydrogen-bond donors (Lipinski definition) is 2. The Kier molecular flexibility index (Phi) is 6.09. The molecule has 9 heteroatoms. The van der Waals surface area contributed by atoms with Gasteiger partial charge >= 0.3 is 5.97 Å². The number of aromatic nitrogens is 1. The number of halogens is 1. The van der Waals surface area contributed by atoms with Crippen LogP contribution in [-0.2, 0) is 15.1 Å². The topological polar surface area (TPSA) is 91.8 Å². The van der Waals surface area contributed by atoms with Gasteiger partial charge in [0.05, 0.1) is 24.4 Å². The number of carbonyl (C=O) groups excluding carboxylic acids is 2. The minimum atomic E-state index is -1.08. The summed E-state index contributed by atoms with van der Waals surface area (Å²) in [4.78, 5) is 31.4. The Morgan fingerprint density at radius 2 is 2.06 bits per heavy atom. The third kappa shape index (κ3) is 4.49. The van der Waals surface area contributed by atoms with E-state index in [2.05, 4.69) is 15.2 Å². The monoisotopic (exact) mass is 447 g/mol. The van der Waals surface area contributed by atoms with Crippen LogP contribution in [0.15, 0.2) is 24.3 Å². The number of nitrogens with one attached hydrogen (secondary N) is 1. The second kappa shape index (κ2) is 8.64. The number of ether oxygens (including phenoxy) is 1. The quantitative estimate of drug-likeness (QED) is 0.661. The van der Waals surface area contributed by atoms with Crippen molar-refractivity contribution in [3.63, 3.8) is 0 Å². The van der Waals surface area contributed by atoms with Gasteiger partial charge in [-0.2, -0.15) is 0 Å². The van der Waals surface area contributed by atoms with E-state index < -0.39 is 11.6 Å². The van der Waals surface area contributed by atoms with Crippen LogP contribution in [0, 0.1) is 12.7 Å². The van der Waals surface area contributed by atoms with Gasteiger partial charge < -0.3 is 15.2 Å². The van der Waals surface area contributed by atoms with Gasteiger partial charge in [-0.15, -0.1) is 0 Å². The number of carbonyl (C=O) groups is 2. The van der Waals surface area contributed by atoms with E-state index in [4.69, 9.17) is 4.74 Å². The molecule has 2 aliphatic heterocycles. The van der Waals surface area contributed by atoms with Crippen molar-refractivity contribution in [3.8, 4) is 0 Å². The molecule has 0 saturated carbocycles. The van der Waals surface area contributed by atoms with Crippen molar-refractivity contribution in [2.24, 2.45) is 0 Å². The first kappa shape index (κ1) is 21.9. The number of hydrogen-bond acceptors (Lipinski definition) is 7. The molecule has 2 fully saturated rings. The third-order valence-corrected chi connectivity index (χ3v) is 7.16. The number of aliphatic hydroxyl groups is 1. The summed E-state index contributed by atoms with van der Waals surface area (Å²) in [6, 6.07) is 6.24. The molecular formula is C22H26FN3O4S. The zero-order valence-corrected chi connectivity index (χ0v) is 18.4. The number of aryl methyl sites for hydroxylation is 1. The van der Waals surface area contributed by atoms with E-state index in [1.165, 1.54) is 12.1 Å². The second-order valence-corrected chi connectivity index (χ2v) is 9.21. The van der Waals surface area contributed by atoms with Crippen LogP contribution in [0.1, 0.15) is 53.5 Å². The average Bonchev–Trinajstić information content (AvgIpc) is 3.18. The van der Waals surface area contributed by atoms with Crippen molar-refractivity contribution in [2.75, 3.05) is 18.5 Å². The first-order valence-corrected chi connectivity index (χ1v) is 11.3. The SMILES string of the molecule is CCOC(=O)c1sc(NC(=O)CN2C3CCC2CC(O)(c2cccc(F)c2)C3)nc1C. The molecule has 4 rings (SSSR count). The molecule has 0 spiro atoms. The van der Waals surface area contributed by atoms with Crippen LogP contribution < -0.4 is 5.32 Å². The lowest BCUT2D eigenvalue weighted by Gasteiger charge is -2.43. The molecule has 2 bridgehead atoms. The maximum absolute atomic E-state index is 13.7. The molecule has 0 aliphatic carbocycles. The highest BCUT2D eigenvalue weighted by molar-refractivity contribution is 7.17. The smallest absolute Gasteiger partial charge is 0.350 e. The molecule has 2 unspecified atom stereocenters. The summed E-state index contributed by atoms with van der Waals surface area (Å²) >= 11 is 1.10. The van der Waals surface area contributed by atoms with Crippen LogP contribution in [0.5, 0.6) is 0 Å². The molecule has 7 nitrogen and oxygen atoms in total. The number of amides is 1. The van der Waals surface area contributed by atoms with E-state index in [0.29, 0.717) is 34.1 Å². The van der Waals surface area contributed by atoms with Crippen LogP contribution in [0.2, 0.25) is 0 Å². The molecule has 2 aliphatic rings. The van der Waals surface area contributed by atoms with Gasteiger partial charge in [-0.25, -0.2) is 14.2 Å². The Morgan fingerprint density at radius 1 is 1.35 bits per heavy atom. The maximum atomic E-state index is 13.7. The Morgan fingerprint density at radius 3 is 2.71 bits per heavy atom. The van der Waals surface area contributed by atoms with E-state index in [1.807, 2.05) is 0 Å². The van der Waals surface area contributed by atoms with E-state index >= 15 is 0 Å². The van der Waals surface area contributed by atoms with Crippen molar-refractivity contribution in [2.45, 2.75) is 57.2 Å². The summed E-state index contributed by atoms with van der Waals surface area (Å²) in [6.45, 7) is 3.90. The number of nitrogens with zero attached hydrogens (tertiary/aromatic N) is 2. The van der Waals surface area contributed by atoms with Gasteiger partial charge in [-0.3, -0.25) is 9.69 Å². The summed E-state index contributed by atoms with van der Waals surface area (Å²) in [5.74, 6) is -1.01. The first-order chi connectivity index (χ1) is 14.8. The Labute approximate surface area is 184 Å². The predicted octanol–water partition coefficient (Wildman–Crippen LogP) is 3.22. The highest BCUT2D eigenvalue weighted by Crippen LogP contribution is 2.45. The largest absolute Gasteiger partial charge is 0.462 e. The average molecular weight is 448 g/mol. The lowest BCUT2D eigenvalue weighted by Crippen LogP contribution is -2.51. The molecule has 166 valence electrons. The minimum absolute atomic E-state index is 0.0471. The van der Waals surface area contributed by atoms with Gasteiger partial charge in [-0.05, 0) is 57.2 Å². The van der Waals surface area contributed by atoms with Crippen LogP contribution in [-0.4, -0.2) is 52.1 Å². The Balaban J connectivity index is 1.40. The van der Waals surface area contributed by atoms with E-state index in [9.17, 15) is 19.1 Å². The van der Waals surface area contributed by atoms with Crippen molar-refractivity contribution >= 4 is 28.3 Å². The standard InChI is InChI=1S/C22H26FN3O4S/c1-3-30-20(28)19-13(2)24-21(31-19)25-18(27)12-26-16-7-8-17(26)11-22(29,10-16)14-5-4-6-15(23)9-14/h4-6,9,16-17,29H,3,7-8,10-12H2,1-2H3,(H,24,25,27). The molecule has 2 atom stereocenters. The van der Waals surface area contributed by atoms with E-state index in [1.54, 1.807) is 26.0 Å². The minimum Gasteiger partial charge on any atom is -0.462 e. The van der Waals surface area contributed by atoms with Gasteiger partial charge in [0.2, 0.25) is 5.91 Å². The highest BCUT2D eigenvalue weighted by Gasteiger charge is 2.48. The lowest BCUT2D eigenvalue weighted by molar-refractivity contribution is -0.121. The highest BCUT2D eigenvalue weighted by atomic mass is 32.1. The molecule has 2 aromatic rings. The summed E-state index contributed by atoms with van der Waals surface area (Å²) in [5.41, 5.74) is 0.0391. The van der Waals surface area contributed by atoms with Crippen LogP contribution >= 0.6 is 11.3 Å². The molecular weight excluding hydrogens is 421 g/mol. The van der Waals surface area contributed by atoms with Crippen molar-refractivity contribution in [1.29, 1.82) is 0 Å². The molecule has 1 aromatic heterocycles. The molecule has 2 saturated heterocycles. The first-order valence-electron chi connectivity index (χ1n) is 10.5. The van der Waals surface area contributed by atoms with Crippen molar-refractivity contribution in [1.82, 2.24) is 9.88 Å². The molecule has 1 aromatic carbocycles. The number of thiazole rings is 1. The number of fused-ring (bicyclic) bond motifs is 2. The van der Waals surface area contributed by atoms with Gasteiger partial charge in [0.25, 0.3) is 0 Å². The molecule has 0 radical (unpaired) electrons.